The second-order valence-electron chi connectivity index (χ2n) is 5.58. The number of ether oxygens (including phenoxy) is 2. The Morgan fingerprint density at radius 3 is 2.68 bits per heavy atom. The Labute approximate surface area is 156 Å². The molecule has 0 aliphatic rings. The standard InChI is InChI=1S/C19H22BrNO4/c1-4-8-25-18-10-15(20)13(9-17(18)24-3)11-21-16-7-5-6-14(12(16)2)19(22)23/h5-7,9-10,21H,4,8,11H2,1-3H3,(H,22,23). The molecule has 6 heteroatoms. The lowest BCUT2D eigenvalue weighted by atomic mass is 10.1. The summed E-state index contributed by atoms with van der Waals surface area (Å²) in [5.41, 5.74) is 2.78. The maximum Gasteiger partial charge on any atom is 0.336 e. The number of aromatic carboxylic acids is 1. The topological polar surface area (TPSA) is 67.8 Å². The number of anilines is 1. The highest BCUT2D eigenvalue weighted by Gasteiger charge is 2.12. The Kier molecular flexibility index (Phi) is 6.70. The van der Waals surface area contributed by atoms with Gasteiger partial charge in [0.2, 0.25) is 0 Å². The molecule has 0 saturated carbocycles. The number of hydrogen-bond acceptors (Lipinski definition) is 4. The number of benzene rings is 2. The monoisotopic (exact) mass is 407 g/mol. The second kappa shape index (κ2) is 8.76. The molecule has 2 rings (SSSR count). The molecule has 0 atom stereocenters. The number of carbonyl (C=O) groups is 1. The third-order valence-electron chi connectivity index (χ3n) is 3.83. The lowest BCUT2D eigenvalue weighted by Crippen LogP contribution is -2.07. The third-order valence-corrected chi connectivity index (χ3v) is 4.57. The van der Waals surface area contributed by atoms with Crippen LogP contribution in [0.2, 0.25) is 0 Å². The van der Waals surface area contributed by atoms with E-state index in [0.717, 1.165) is 22.1 Å². The summed E-state index contributed by atoms with van der Waals surface area (Å²) < 4.78 is 12.0. The van der Waals surface area contributed by atoms with Gasteiger partial charge in [-0.05, 0) is 48.7 Å². The van der Waals surface area contributed by atoms with Crippen molar-refractivity contribution in [1.29, 1.82) is 0 Å². The van der Waals surface area contributed by atoms with E-state index in [0.29, 0.717) is 35.8 Å². The van der Waals surface area contributed by atoms with Crippen LogP contribution >= 0.6 is 15.9 Å². The summed E-state index contributed by atoms with van der Waals surface area (Å²) in [6.07, 6.45) is 0.920. The molecular weight excluding hydrogens is 386 g/mol. The van der Waals surface area contributed by atoms with Gasteiger partial charge in [0.1, 0.15) is 0 Å². The minimum absolute atomic E-state index is 0.296. The quantitative estimate of drug-likeness (QED) is 0.653. The van der Waals surface area contributed by atoms with Gasteiger partial charge in [-0.2, -0.15) is 0 Å². The molecule has 2 aromatic carbocycles. The number of halogens is 1. The third kappa shape index (κ3) is 4.66. The molecule has 134 valence electrons. The van der Waals surface area contributed by atoms with Gasteiger partial charge in [-0.1, -0.05) is 28.9 Å². The first-order chi connectivity index (χ1) is 12.0. The largest absolute Gasteiger partial charge is 0.493 e. The minimum Gasteiger partial charge on any atom is -0.493 e. The normalized spacial score (nSPS) is 10.4. The van der Waals surface area contributed by atoms with Gasteiger partial charge >= 0.3 is 5.97 Å². The maximum absolute atomic E-state index is 11.2. The van der Waals surface area contributed by atoms with Crippen molar-refractivity contribution >= 4 is 27.6 Å². The molecule has 0 aromatic heterocycles. The summed E-state index contributed by atoms with van der Waals surface area (Å²) in [6, 6.07) is 9.01. The van der Waals surface area contributed by atoms with Crippen LogP contribution in [0.25, 0.3) is 0 Å². The molecule has 5 nitrogen and oxygen atoms in total. The zero-order chi connectivity index (χ0) is 18.4. The predicted molar refractivity (Wildman–Crippen MR) is 102 cm³/mol. The zero-order valence-electron chi connectivity index (χ0n) is 14.6. The molecule has 2 N–H and O–H groups in total. The van der Waals surface area contributed by atoms with Crippen molar-refractivity contribution in [3.63, 3.8) is 0 Å². The van der Waals surface area contributed by atoms with E-state index < -0.39 is 5.97 Å². The van der Waals surface area contributed by atoms with Crippen LogP contribution in [0.5, 0.6) is 11.5 Å². The van der Waals surface area contributed by atoms with Gasteiger partial charge in [0.25, 0.3) is 0 Å². The van der Waals surface area contributed by atoms with Crippen LogP contribution in [-0.2, 0) is 6.54 Å². The zero-order valence-corrected chi connectivity index (χ0v) is 16.1. The van der Waals surface area contributed by atoms with E-state index in [1.807, 2.05) is 25.1 Å². The molecular formula is C19H22BrNO4. The first-order valence-corrected chi connectivity index (χ1v) is 8.83. The number of carboxylic acid groups (broad SMARTS) is 1. The van der Waals surface area contributed by atoms with Crippen molar-refractivity contribution in [2.24, 2.45) is 0 Å². The van der Waals surface area contributed by atoms with Crippen LogP contribution in [0.4, 0.5) is 5.69 Å². The fourth-order valence-corrected chi connectivity index (χ4v) is 2.91. The SMILES string of the molecule is CCCOc1cc(Br)c(CNc2cccc(C(=O)O)c2C)cc1OC. The van der Waals surface area contributed by atoms with Crippen LogP contribution in [0.15, 0.2) is 34.8 Å². The highest BCUT2D eigenvalue weighted by Crippen LogP contribution is 2.34. The minimum atomic E-state index is -0.929. The highest BCUT2D eigenvalue weighted by atomic mass is 79.9. The molecule has 0 bridgehead atoms. The molecule has 25 heavy (non-hydrogen) atoms. The lowest BCUT2D eigenvalue weighted by molar-refractivity contribution is 0.0696. The van der Waals surface area contributed by atoms with Gasteiger partial charge in [-0.15, -0.1) is 0 Å². The van der Waals surface area contributed by atoms with E-state index in [2.05, 4.69) is 21.2 Å². The summed E-state index contributed by atoms with van der Waals surface area (Å²) in [5, 5.41) is 12.5. The maximum atomic E-state index is 11.2. The van der Waals surface area contributed by atoms with E-state index in [1.54, 1.807) is 26.2 Å². The molecule has 0 fully saturated rings. The van der Waals surface area contributed by atoms with Gasteiger partial charge in [-0.3, -0.25) is 0 Å². The molecule has 0 radical (unpaired) electrons. The fourth-order valence-electron chi connectivity index (χ4n) is 2.45. The first kappa shape index (κ1) is 19.1. The van der Waals surface area contributed by atoms with E-state index in [-0.39, 0.29) is 0 Å². The first-order valence-electron chi connectivity index (χ1n) is 8.03. The number of carboxylic acids is 1. The number of hydrogen-bond donors (Lipinski definition) is 2. The summed E-state index contributed by atoms with van der Waals surface area (Å²) >= 11 is 3.56. The lowest BCUT2D eigenvalue weighted by Gasteiger charge is -2.15. The van der Waals surface area contributed by atoms with Crippen LogP contribution < -0.4 is 14.8 Å². The molecule has 0 aliphatic heterocycles. The summed E-state index contributed by atoms with van der Waals surface area (Å²) in [7, 11) is 1.61. The van der Waals surface area contributed by atoms with Crippen molar-refractivity contribution < 1.29 is 19.4 Å². The van der Waals surface area contributed by atoms with Gasteiger partial charge in [0, 0.05) is 16.7 Å². The van der Waals surface area contributed by atoms with Crippen molar-refractivity contribution in [3.8, 4) is 11.5 Å². The van der Waals surface area contributed by atoms with Gasteiger partial charge in [0.05, 0.1) is 19.3 Å². The van der Waals surface area contributed by atoms with E-state index in [1.165, 1.54) is 0 Å². The van der Waals surface area contributed by atoms with E-state index >= 15 is 0 Å². The predicted octanol–water partition coefficient (Wildman–Crippen LogP) is 4.87. The molecule has 2 aromatic rings. The number of methoxy groups -OCH3 is 1. The number of nitrogens with one attached hydrogen (secondary N) is 1. The average Bonchev–Trinajstić information content (AvgIpc) is 2.59. The summed E-state index contributed by atoms with van der Waals surface area (Å²) in [5.74, 6) is 0.440. The smallest absolute Gasteiger partial charge is 0.336 e. The molecule has 0 amide bonds. The van der Waals surface area contributed by atoms with Crippen LogP contribution in [0, 0.1) is 6.92 Å². The fraction of sp³-hybridized carbons (Fsp3) is 0.316. The molecule has 0 spiro atoms. The Morgan fingerprint density at radius 2 is 2.04 bits per heavy atom. The van der Waals surface area contributed by atoms with Crippen molar-refractivity contribution in [3.05, 3.63) is 51.5 Å². The van der Waals surface area contributed by atoms with Crippen LogP contribution in [0.1, 0.15) is 34.8 Å². The molecule has 0 saturated heterocycles. The summed E-state index contributed by atoms with van der Waals surface area (Å²) in [4.78, 5) is 11.2. The average molecular weight is 408 g/mol. The van der Waals surface area contributed by atoms with Crippen molar-refractivity contribution in [1.82, 2.24) is 0 Å². The summed E-state index contributed by atoms with van der Waals surface area (Å²) in [6.45, 7) is 4.99. The second-order valence-corrected chi connectivity index (χ2v) is 6.43. The Hall–Kier alpha value is -2.21. The molecule has 0 unspecified atom stereocenters. The van der Waals surface area contributed by atoms with Gasteiger partial charge in [0.15, 0.2) is 11.5 Å². The Balaban J connectivity index is 2.21. The van der Waals surface area contributed by atoms with Crippen molar-refractivity contribution in [2.75, 3.05) is 19.0 Å². The Morgan fingerprint density at radius 1 is 1.28 bits per heavy atom. The van der Waals surface area contributed by atoms with E-state index in [4.69, 9.17) is 9.47 Å². The highest BCUT2D eigenvalue weighted by molar-refractivity contribution is 9.10. The molecule has 0 aliphatic carbocycles. The molecule has 0 heterocycles. The van der Waals surface area contributed by atoms with Crippen LogP contribution in [0.3, 0.4) is 0 Å². The van der Waals surface area contributed by atoms with Crippen LogP contribution in [-0.4, -0.2) is 24.8 Å². The van der Waals surface area contributed by atoms with Gasteiger partial charge in [-0.25, -0.2) is 4.79 Å². The van der Waals surface area contributed by atoms with Crippen molar-refractivity contribution in [2.45, 2.75) is 26.8 Å². The van der Waals surface area contributed by atoms with E-state index in [9.17, 15) is 9.90 Å². The van der Waals surface area contributed by atoms with Gasteiger partial charge < -0.3 is 19.9 Å². The Bertz CT molecular complexity index is 761. The number of rotatable bonds is 8.